The fourth-order valence-corrected chi connectivity index (χ4v) is 4.21. The van der Waals surface area contributed by atoms with Crippen LogP contribution in [0.15, 0.2) is 0 Å². The molecular formula is C11H21NOS. The minimum Gasteiger partial charge on any atom is -0.381 e. The summed E-state index contributed by atoms with van der Waals surface area (Å²) < 4.78 is 5.69. The lowest BCUT2D eigenvalue weighted by Gasteiger charge is -2.46. The van der Waals surface area contributed by atoms with Gasteiger partial charge in [0.1, 0.15) is 0 Å². The lowest BCUT2D eigenvalue weighted by Crippen LogP contribution is -2.43. The molecule has 1 unspecified atom stereocenters. The van der Waals surface area contributed by atoms with Crippen molar-refractivity contribution < 1.29 is 4.74 Å². The van der Waals surface area contributed by atoms with E-state index in [0.29, 0.717) is 5.41 Å². The van der Waals surface area contributed by atoms with Crippen molar-refractivity contribution >= 4 is 11.8 Å². The van der Waals surface area contributed by atoms with Crippen LogP contribution in [0.5, 0.6) is 0 Å². The van der Waals surface area contributed by atoms with Crippen molar-refractivity contribution in [3.8, 4) is 0 Å². The molecule has 2 fully saturated rings. The van der Waals surface area contributed by atoms with Crippen molar-refractivity contribution in [3.63, 3.8) is 0 Å². The predicted octanol–water partition coefficient (Wildman–Crippen LogP) is 1.89. The smallest absolute Gasteiger partial charge is 0.0525 e. The number of hydrogen-bond donors (Lipinski definition) is 1. The molecule has 2 rings (SSSR count). The summed E-state index contributed by atoms with van der Waals surface area (Å²) in [6.07, 6.45) is 5.14. The van der Waals surface area contributed by atoms with Crippen LogP contribution < -0.4 is 5.73 Å². The number of ether oxygens (including phenoxy) is 1. The summed E-state index contributed by atoms with van der Waals surface area (Å²) in [7, 11) is 0. The molecule has 14 heavy (non-hydrogen) atoms. The van der Waals surface area contributed by atoms with Crippen LogP contribution in [0.2, 0.25) is 0 Å². The summed E-state index contributed by atoms with van der Waals surface area (Å²) in [5.74, 6) is 3.48. The molecule has 2 aliphatic heterocycles. The normalized spacial score (nSPS) is 31.9. The third-order valence-electron chi connectivity index (χ3n) is 3.87. The molecule has 2 heterocycles. The van der Waals surface area contributed by atoms with Gasteiger partial charge in [0.2, 0.25) is 0 Å². The second-order valence-corrected chi connectivity index (χ2v) is 5.82. The fraction of sp³-hybridized carbons (Fsp3) is 1.00. The van der Waals surface area contributed by atoms with Crippen LogP contribution in [0.1, 0.15) is 25.7 Å². The highest BCUT2D eigenvalue weighted by molar-refractivity contribution is 7.99. The molecule has 1 atom stereocenters. The summed E-state index contributed by atoms with van der Waals surface area (Å²) in [6, 6.07) is 0. The summed E-state index contributed by atoms with van der Waals surface area (Å²) >= 11 is 2.10. The minimum absolute atomic E-state index is 0.503. The molecule has 1 spiro atoms. The highest BCUT2D eigenvalue weighted by atomic mass is 32.2. The summed E-state index contributed by atoms with van der Waals surface area (Å²) in [4.78, 5) is 0. The molecule has 0 aromatic carbocycles. The van der Waals surface area contributed by atoms with Crippen LogP contribution >= 0.6 is 11.8 Å². The van der Waals surface area contributed by atoms with Gasteiger partial charge in [0.05, 0.1) is 6.61 Å². The lowest BCUT2D eigenvalue weighted by molar-refractivity contribution is -0.0590. The topological polar surface area (TPSA) is 35.2 Å². The van der Waals surface area contributed by atoms with Gasteiger partial charge in [-0.05, 0) is 55.1 Å². The van der Waals surface area contributed by atoms with Crippen LogP contribution in [-0.4, -0.2) is 31.3 Å². The van der Waals surface area contributed by atoms with Gasteiger partial charge in [0.15, 0.2) is 0 Å². The first-order valence-electron chi connectivity index (χ1n) is 5.73. The molecular weight excluding hydrogens is 194 g/mol. The first-order chi connectivity index (χ1) is 6.87. The van der Waals surface area contributed by atoms with Crippen molar-refractivity contribution in [2.24, 2.45) is 17.1 Å². The second-order valence-electron chi connectivity index (χ2n) is 4.59. The lowest BCUT2D eigenvalue weighted by atomic mass is 9.68. The van der Waals surface area contributed by atoms with E-state index < -0.39 is 0 Å². The molecule has 3 heteroatoms. The van der Waals surface area contributed by atoms with E-state index >= 15 is 0 Å². The largest absolute Gasteiger partial charge is 0.381 e. The van der Waals surface area contributed by atoms with Crippen LogP contribution in [-0.2, 0) is 4.74 Å². The number of hydrogen-bond acceptors (Lipinski definition) is 3. The molecule has 82 valence electrons. The highest BCUT2D eigenvalue weighted by Crippen LogP contribution is 2.46. The molecule has 2 nitrogen and oxygen atoms in total. The number of thioether (sulfide) groups is 1. The SMILES string of the molecule is NCCC1CCOCC12CCSCC2. The Balaban J connectivity index is 2.02. The van der Waals surface area contributed by atoms with E-state index in [0.717, 1.165) is 25.7 Å². The van der Waals surface area contributed by atoms with E-state index in [1.807, 2.05) is 0 Å². The minimum atomic E-state index is 0.503. The van der Waals surface area contributed by atoms with E-state index in [9.17, 15) is 0 Å². The van der Waals surface area contributed by atoms with Gasteiger partial charge in [-0.3, -0.25) is 0 Å². The molecule has 0 amide bonds. The van der Waals surface area contributed by atoms with E-state index in [1.165, 1.54) is 37.2 Å². The van der Waals surface area contributed by atoms with Gasteiger partial charge in [0.25, 0.3) is 0 Å². The molecule has 0 aromatic heterocycles. The van der Waals surface area contributed by atoms with E-state index in [-0.39, 0.29) is 0 Å². The fourth-order valence-electron chi connectivity index (χ4n) is 2.91. The number of rotatable bonds is 2. The van der Waals surface area contributed by atoms with Gasteiger partial charge in [-0.25, -0.2) is 0 Å². The van der Waals surface area contributed by atoms with E-state index in [1.54, 1.807) is 0 Å². The van der Waals surface area contributed by atoms with Gasteiger partial charge in [-0.1, -0.05) is 0 Å². The molecule has 0 bridgehead atoms. The van der Waals surface area contributed by atoms with E-state index in [4.69, 9.17) is 10.5 Å². The average Bonchev–Trinajstić information content (AvgIpc) is 2.23. The third-order valence-corrected chi connectivity index (χ3v) is 4.86. The van der Waals surface area contributed by atoms with Crippen molar-refractivity contribution in [2.45, 2.75) is 25.7 Å². The Labute approximate surface area is 91.0 Å². The van der Waals surface area contributed by atoms with Crippen LogP contribution in [0.3, 0.4) is 0 Å². The van der Waals surface area contributed by atoms with Crippen molar-refractivity contribution in [3.05, 3.63) is 0 Å². The molecule has 0 saturated carbocycles. The Morgan fingerprint density at radius 3 is 2.86 bits per heavy atom. The van der Waals surface area contributed by atoms with Gasteiger partial charge in [-0.2, -0.15) is 11.8 Å². The maximum atomic E-state index is 5.70. The van der Waals surface area contributed by atoms with Gasteiger partial charge >= 0.3 is 0 Å². The summed E-state index contributed by atoms with van der Waals surface area (Å²) in [6.45, 7) is 2.80. The van der Waals surface area contributed by atoms with Crippen molar-refractivity contribution in [2.75, 3.05) is 31.3 Å². The standard InChI is InChI=1S/C11H21NOS/c12-5-1-10-2-6-13-9-11(10)3-7-14-8-4-11/h10H,1-9,12H2. The molecule has 2 N–H and O–H groups in total. The molecule has 2 aliphatic rings. The monoisotopic (exact) mass is 215 g/mol. The molecule has 0 radical (unpaired) electrons. The molecule has 0 aromatic rings. The highest BCUT2D eigenvalue weighted by Gasteiger charge is 2.41. The zero-order valence-electron chi connectivity index (χ0n) is 8.84. The number of nitrogens with two attached hydrogens (primary N) is 1. The Kier molecular flexibility index (Phi) is 3.74. The summed E-state index contributed by atoms with van der Waals surface area (Å²) in [5, 5.41) is 0. The van der Waals surface area contributed by atoms with Gasteiger partial charge < -0.3 is 10.5 Å². The Bertz CT molecular complexity index is 170. The maximum absolute atomic E-state index is 5.70. The maximum Gasteiger partial charge on any atom is 0.0525 e. The summed E-state index contributed by atoms with van der Waals surface area (Å²) in [5.41, 5.74) is 6.21. The zero-order valence-corrected chi connectivity index (χ0v) is 9.65. The quantitative estimate of drug-likeness (QED) is 0.764. The molecule has 0 aliphatic carbocycles. The van der Waals surface area contributed by atoms with Gasteiger partial charge in [0, 0.05) is 6.61 Å². The zero-order chi connectivity index (χ0) is 9.86. The Morgan fingerprint density at radius 2 is 2.14 bits per heavy atom. The first kappa shape index (κ1) is 10.8. The first-order valence-corrected chi connectivity index (χ1v) is 6.88. The van der Waals surface area contributed by atoms with Crippen LogP contribution in [0.25, 0.3) is 0 Å². The van der Waals surface area contributed by atoms with E-state index in [2.05, 4.69) is 11.8 Å². The van der Waals surface area contributed by atoms with Crippen molar-refractivity contribution in [1.29, 1.82) is 0 Å². The Morgan fingerprint density at radius 1 is 1.36 bits per heavy atom. The van der Waals surface area contributed by atoms with Crippen molar-refractivity contribution in [1.82, 2.24) is 0 Å². The van der Waals surface area contributed by atoms with Gasteiger partial charge in [-0.15, -0.1) is 0 Å². The second kappa shape index (κ2) is 4.86. The van der Waals surface area contributed by atoms with Crippen LogP contribution in [0.4, 0.5) is 0 Å². The molecule has 2 saturated heterocycles. The van der Waals surface area contributed by atoms with Crippen LogP contribution in [0, 0.1) is 11.3 Å². The third kappa shape index (κ3) is 2.10. The Hall–Kier alpha value is 0.270. The predicted molar refractivity (Wildman–Crippen MR) is 61.6 cm³/mol. The average molecular weight is 215 g/mol.